The Labute approximate surface area is 147 Å². The lowest BCUT2D eigenvalue weighted by molar-refractivity contribution is -0.131. The van der Waals surface area contributed by atoms with Crippen molar-refractivity contribution >= 4 is 31.7 Å². The number of hydrogen-bond donors (Lipinski definition) is 0. The predicted molar refractivity (Wildman–Crippen MR) is 96.1 cm³/mol. The monoisotopic (exact) mass is 401 g/mol. The molecule has 1 aliphatic heterocycles. The molecule has 0 spiro atoms. The van der Waals surface area contributed by atoms with Gasteiger partial charge in [0.25, 0.3) is 0 Å². The highest BCUT2D eigenvalue weighted by Crippen LogP contribution is 2.21. The molecule has 1 aromatic rings. The molecule has 1 saturated heterocycles. The number of benzene rings is 1. The summed E-state index contributed by atoms with van der Waals surface area (Å²) in [6, 6.07) is 7.71. The van der Waals surface area contributed by atoms with Gasteiger partial charge in [0.05, 0.1) is 17.4 Å². The van der Waals surface area contributed by atoms with Crippen LogP contribution in [0, 0.1) is 5.92 Å². The van der Waals surface area contributed by atoms with Crippen LogP contribution in [-0.2, 0) is 21.1 Å². The molecule has 0 bridgehead atoms. The van der Waals surface area contributed by atoms with Crippen LogP contribution >= 0.6 is 15.9 Å². The first kappa shape index (κ1) is 18.5. The average Bonchev–Trinajstić information content (AvgIpc) is 2.48. The molecule has 0 unspecified atom stereocenters. The topological polar surface area (TPSA) is 54.5 Å². The second-order valence-corrected chi connectivity index (χ2v) is 9.85. The summed E-state index contributed by atoms with van der Waals surface area (Å²) in [7, 11) is -3.04. The van der Waals surface area contributed by atoms with Crippen molar-refractivity contribution in [1.82, 2.24) is 4.90 Å². The normalized spacial score (nSPS) is 16.8. The number of halogens is 1. The number of hydrogen-bond acceptors (Lipinski definition) is 3. The highest BCUT2D eigenvalue weighted by Gasteiger charge is 2.31. The highest BCUT2D eigenvalue weighted by molar-refractivity contribution is 9.10. The average molecular weight is 402 g/mol. The Morgan fingerprint density at radius 3 is 2.30 bits per heavy atom. The highest BCUT2D eigenvalue weighted by atomic mass is 79.9. The quantitative estimate of drug-likeness (QED) is 0.761. The maximum atomic E-state index is 12.4. The number of amides is 1. The Balaban J connectivity index is 1.88. The first-order chi connectivity index (χ1) is 10.8. The Hall–Kier alpha value is -0.880. The maximum absolute atomic E-state index is 12.4. The van der Waals surface area contributed by atoms with E-state index in [4.69, 9.17) is 0 Å². The molecule has 1 fully saturated rings. The van der Waals surface area contributed by atoms with Gasteiger partial charge in [-0.05, 0) is 36.5 Å². The lowest BCUT2D eigenvalue weighted by atomic mass is 10.1. The van der Waals surface area contributed by atoms with Gasteiger partial charge in [0.15, 0.2) is 9.84 Å². The maximum Gasteiger partial charge on any atom is 0.226 e. The van der Waals surface area contributed by atoms with Crippen molar-refractivity contribution in [3.8, 4) is 0 Å². The molecule has 6 heteroatoms. The second kappa shape index (κ2) is 7.79. The smallest absolute Gasteiger partial charge is 0.226 e. The minimum atomic E-state index is -3.04. The molecule has 1 amide bonds. The van der Waals surface area contributed by atoms with Gasteiger partial charge in [-0.25, -0.2) is 8.42 Å². The lowest BCUT2D eigenvalue weighted by Crippen LogP contribution is -2.43. The Morgan fingerprint density at radius 1 is 1.22 bits per heavy atom. The van der Waals surface area contributed by atoms with Gasteiger partial charge in [0.1, 0.15) is 0 Å². The minimum absolute atomic E-state index is 0.0760. The fourth-order valence-electron chi connectivity index (χ4n) is 2.95. The van der Waals surface area contributed by atoms with Crippen LogP contribution in [0.1, 0.15) is 32.3 Å². The van der Waals surface area contributed by atoms with Crippen molar-refractivity contribution in [2.24, 2.45) is 5.92 Å². The molecule has 1 heterocycles. The van der Waals surface area contributed by atoms with E-state index in [9.17, 15) is 13.2 Å². The lowest BCUT2D eigenvalue weighted by Gasteiger charge is -2.32. The van der Waals surface area contributed by atoms with E-state index >= 15 is 0 Å². The van der Waals surface area contributed by atoms with Crippen LogP contribution in [-0.4, -0.2) is 43.3 Å². The van der Waals surface area contributed by atoms with Crippen molar-refractivity contribution in [3.05, 3.63) is 34.3 Å². The van der Waals surface area contributed by atoms with E-state index in [0.29, 0.717) is 32.4 Å². The SMILES string of the molecule is CC(C)CS(=O)(=O)C1CCN(C(=O)Cc2ccc(Br)cc2)CC1. The molecule has 0 radical (unpaired) electrons. The van der Waals surface area contributed by atoms with Crippen LogP contribution in [0.15, 0.2) is 28.7 Å². The first-order valence-corrected chi connectivity index (χ1v) is 10.5. The van der Waals surface area contributed by atoms with Crippen LogP contribution in [0.5, 0.6) is 0 Å². The Kier molecular flexibility index (Phi) is 6.26. The van der Waals surface area contributed by atoms with Gasteiger partial charge in [0, 0.05) is 17.6 Å². The molecule has 1 aromatic carbocycles. The molecule has 0 aliphatic carbocycles. The van der Waals surface area contributed by atoms with E-state index in [2.05, 4.69) is 15.9 Å². The van der Waals surface area contributed by atoms with Crippen LogP contribution in [0.25, 0.3) is 0 Å². The third-order valence-electron chi connectivity index (χ3n) is 4.14. The zero-order valence-corrected chi connectivity index (χ0v) is 16.1. The largest absolute Gasteiger partial charge is 0.342 e. The van der Waals surface area contributed by atoms with Crippen LogP contribution in [0.3, 0.4) is 0 Å². The summed E-state index contributed by atoms with van der Waals surface area (Å²) in [5, 5.41) is -0.290. The summed E-state index contributed by atoms with van der Waals surface area (Å²) in [5.74, 6) is 0.467. The van der Waals surface area contributed by atoms with Gasteiger partial charge in [-0.2, -0.15) is 0 Å². The number of sulfone groups is 1. The molecule has 1 aliphatic rings. The zero-order chi connectivity index (χ0) is 17.0. The third kappa shape index (κ3) is 5.31. The van der Waals surface area contributed by atoms with E-state index in [-0.39, 0.29) is 22.8 Å². The Morgan fingerprint density at radius 2 is 1.78 bits per heavy atom. The van der Waals surface area contributed by atoms with Gasteiger partial charge >= 0.3 is 0 Å². The van der Waals surface area contributed by atoms with Crippen molar-refractivity contribution in [2.75, 3.05) is 18.8 Å². The third-order valence-corrected chi connectivity index (χ3v) is 7.28. The Bertz CT molecular complexity index is 632. The fourth-order valence-corrected chi connectivity index (χ4v) is 5.35. The van der Waals surface area contributed by atoms with E-state index < -0.39 is 9.84 Å². The molecular formula is C17H24BrNO3S. The van der Waals surface area contributed by atoms with Gasteiger partial charge in [-0.3, -0.25) is 4.79 Å². The second-order valence-electron chi connectivity index (χ2n) is 6.61. The predicted octanol–water partition coefficient (Wildman–Crippen LogP) is 3.05. The van der Waals surface area contributed by atoms with Crippen molar-refractivity contribution in [3.63, 3.8) is 0 Å². The molecule has 4 nitrogen and oxygen atoms in total. The number of carbonyl (C=O) groups is 1. The summed E-state index contributed by atoms with van der Waals surface area (Å²) in [5.41, 5.74) is 0.979. The molecule has 0 saturated carbocycles. The number of nitrogens with zero attached hydrogens (tertiary/aromatic N) is 1. The fraction of sp³-hybridized carbons (Fsp3) is 0.588. The molecule has 0 N–H and O–H groups in total. The van der Waals surface area contributed by atoms with Crippen molar-refractivity contribution in [2.45, 2.75) is 38.4 Å². The zero-order valence-electron chi connectivity index (χ0n) is 13.7. The van der Waals surface area contributed by atoms with E-state index in [0.717, 1.165) is 10.0 Å². The standard InChI is InChI=1S/C17H24BrNO3S/c1-13(2)12-23(21,22)16-7-9-19(10-8-16)17(20)11-14-3-5-15(18)6-4-14/h3-6,13,16H,7-12H2,1-2H3. The number of carbonyl (C=O) groups excluding carboxylic acids is 1. The van der Waals surface area contributed by atoms with E-state index in [1.54, 1.807) is 4.90 Å². The molecule has 0 aromatic heterocycles. The van der Waals surface area contributed by atoms with Crippen LogP contribution in [0.2, 0.25) is 0 Å². The molecule has 23 heavy (non-hydrogen) atoms. The summed E-state index contributed by atoms with van der Waals surface area (Å²) in [6.45, 7) is 4.93. The van der Waals surface area contributed by atoms with E-state index in [1.165, 1.54) is 0 Å². The minimum Gasteiger partial charge on any atom is -0.342 e. The first-order valence-electron chi connectivity index (χ1n) is 8.01. The number of piperidine rings is 1. The van der Waals surface area contributed by atoms with Crippen molar-refractivity contribution < 1.29 is 13.2 Å². The summed E-state index contributed by atoms with van der Waals surface area (Å²) >= 11 is 3.38. The molecular weight excluding hydrogens is 378 g/mol. The van der Waals surface area contributed by atoms with Crippen LogP contribution in [0.4, 0.5) is 0 Å². The molecule has 0 atom stereocenters. The summed E-state index contributed by atoms with van der Waals surface area (Å²) < 4.78 is 25.6. The number of rotatable bonds is 5. The van der Waals surface area contributed by atoms with Gasteiger partial charge in [-0.15, -0.1) is 0 Å². The van der Waals surface area contributed by atoms with Gasteiger partial charge < -0.3 is 4.90 Å². The summed E-state index contributed by atoms with van der Waals surface area (Å²) in [4.78, 5) is 14.1. The van der Waals surface area contributed by atoms with Crippen molar-refractivity contribution in [1.29, 1.82) is 0 Å². The van der Waals surface area contributed by atoms with Gasteiger partial charge in [-0.1, -0.05) is 41.9 Å². The molecule has 128 valence electrons. The van der Waals surface area contributed by atoms with Gasteiger partial charge in [0.2, 0.25) is 5.91 Å². The van der Waals surface area contributed by atoms with E-state index in [1.807, 2.05) is 38.1 Å². The molecule has 2 rings (SSSR count). The summed E-state index contributed by atoms with van der Waals surface area (Å²) in [6.07, 6.45) is 1.49. The number of likely N-dealkylation sites (tertiary alicyclic amines) is 1. The van der Waals surface area contributed by atoms with Crippen LogP contribution < -0.4 is 0 Å².